The summed E-state index contributed by atoms with van der Waals surface area (Å²) in [6.45, 7) is 3.29. The number of anilines is 1. The van der Waals surface area contributed by atoms with Gasteiger partial charge in [-0.1, -0.05) is 6.07 Å². The Kier molecular flexibility index (Phi) is 3.85. The maximum atomic E-state index is 6.14. The molecular weight excluding hydrogens is 250 g/mol. The van der Waals surface area contributed by atoms with Crippen LogP contribution in [-0.4, -0.2) is 49.1 Å². The molecule has 2 heterocycles. The SMILES string of the molecule is COc1ccc(CN2CCC3CCC(C2)N3C)c(N)c1. The number of ether oxygens (including phenoxy) is 1. The van der Waals surface area contributed by atoms with E-state index in [2.05, 4.69) is 22.9 Å². The Balaban J connectivity index is 1.69. The molecule has 2 unspecified atom stereocenters. The van der Waals surface area contributed by atoms with Crippen molar-refractivity contribution in [2.75, 3.05) is 33.0 Å². The number of benzene rings is 1. The van der Waals surface area contributed by atoms with Crippen LogP contribution in [0.2, 0.25) is 0 Å². The normalized spacial score (nSPS) is 27.5. The van der Waals surface area contributed by atoms with E-state index in [0.29, 0.717) is 0 Å². The molecule has 0 spiro atoms. The summed E-state index contributed by atoms with van der Waals surface area (Å²) >= 11 is 0. The molecule has 2 aliphatic rings. The first kappa shape index (κ1) is 13.7. The Labute approximate surface area is 121 Å². The first-order chi connectivity index (χ1) is 9.67. The minimum Gasteiger partial charge on any atom is -0.497 e. The second kappa shape index (κ2) is 5.62. The third-order valence-corrected chi connectivity index (χ3v) is 4.98. The van der Waals surface area contributed by atoms with Crippen LogP contribution >= 0.6 is 0 Å². The molecule has 2 aliphatic heterocycles. The second-order valence-electron chi connectivity index (χ2n) is 6.14. The second-order valence-corrected chi connectivity index (χ2v) is 6.14. The molecule has 4 nitrogen and oxygen atoms in total. The van der Waals surface area contributed by atoms with E-state index >= 15 is 0 Å². The topological polar surface area (TPSA) is 41.7 Å². The maximum Gasteiger partial charge on any atom is 0.120 e. The highest BCUT2D eigenvalue weighted by Gasteiger charge is 2.34. The van der Waals surface area contributed by atoms with Crippen LogP contribution < -0.4 is 10.5 Å². The van der Waals surface area contributed by atoms with E-state index in [1.54, 1.807) is 7.11 Å². The summed E-state index contributed by atoms with van der Waals surface area (Å²) in [5, 5.41) is 0. The van der Waals surface area contributed by atoms with Crippen LogP contribution in [0, 0.1) is 0 Å². The van der Waals surface area contributed by atoms with Gasteiger partial charge < -0.3 is 10.5 Å². The first-order valence-electron chi connectivity index (χ1n) is 7.54. The van der Waals surface area contributed by atoms with Gasteiger partial charge in [-0.2, -0.15) is 0 Å². The molecule has 1 aromatic carbocycles. The smallest absolute Gasteiger partial charge is 0.120 e. The maximum absolute atomic E-state index is 6.14. The highest BCUT2D eigenvalue weighted by atomic mass is 16.5. The lowest BCUT2D eigenvalue weighted by Gasteiger charge is -2.26. The van der Waals surface area contributed by atoms with Gasteiger partial charge in [-0.05, 0) is 37.9 Å². The average molecular weight is 275 g/mol. The van der Waals surface area contributed by atoms with Crippen molar-refractivity contribution in [1.82, 2.24) is 9.80 Å². The van der Waals surface area contributed by atoms with Gasteiger partial charge in [-0.15, -0.1) is 0 Å². The summed E-state index contributed by atoms with van der Waals surface area (Å²) in [6.07, 6.45) is 4.00. The van der Waals surface area contributed by atoms with Crippen molar-refractivity contribution in [3.63, 3.8) is 0 Å². The molecule has 0 radical (unpaired) electrons. The average Bonchev–Trinajstić information content (AvgIpc) is 2.69. The number of hydrogen-bond donors (Lipinski definition) is 1. The lowest BCUT2D eigenvalue weighted by atomic mass is 10.1. The monoisotopic (exact) mass is 275 g/mol. The van der Waals surface area contributed by atoms with Crippen molar-refractivity contribution >= 4 is 5.69 Å². The van der Waals surface area contributed by atoms with Gasteiger partial charge in [0, 0.05) is 43.5 Å². The fraction of sp³-hybridized carbons (Fsp3) is 0.625. The Morgan fingerprint density at radius 1 is 1.25 bits per heavy atom. The summed E-state index contributed by atoms with van der Waals surface area (Å²) in [5.74, 6) is 0.834. The van der Waals surface area contributed by atoms with E-state index in [0.717, 1.165) is 30.1 Å². The van der Waals surface area contributed by atoms with Gasteiger partial charge >= 0.3 is 0 Å². The highest BCUT2D eigenvalue weighted by molar-refractivity contribution is 5.51. The van der Waals surface area contributed by atoms with Crippen molar-refractivity contribution in [2.45, 2.75) is 37.9 Å². The van der Waals surface area contributed by atoms with Gasteiger partial charge in [0.05, 0.1) is 7.11 Å². The zero-order valence-electron chi connectivity index (χ0n) is 12.5. The first-order valence-corrected chi connectivity index (χ1v) is 7.54. The number of likely N-dealkylation sites (tertiary alicyclic amines) is 1. The number of nitrogen functional groups attached to an aromatic ring is 1. The highest BCUT2D eigenvalue weighted by Crippen LogP contribution is 2.30. The van der Waals surface area contributed by atoms with Gasteiger partial charge in [0.15, 0.2) is 0 Å². The van der Waals surface area contributed by atoms with E-state index in [-0.39, 0.29) is 0 Å². The number of fused-ring (bicyclic) bond motifs is 2. The molecule has 0 amide bonds. The van der Waals surface area contributed by atoms with Gasteiger partial charge in [0.2, 0.25) is 0 Å². The Hall–Kier alpha value is -1.26. The fourth-order valence-corrected chi connectivity index (χ4v) is 3.61. The molecule has 2 fully saturated rings. The van der Waals surface area contributed by atoms with Gasteiger partial charge in [0.1, 0.15) is 5.75 Å². The summed E-state index contributed by atoms with van der Waals surface area (Å²) in [4.78, 5) is 5.13. The van der Waals surface area contributed by atoms with Gasteiger partial charge in [-0.25, -0.2) is 0 Å². The molecule has 0 saturated carbocycles. The van der Waals surface area contributed by atoms with E-state index < -0.39 is 0 Å². The number of nitrogens with zero attached hydrogens (tertiary/aromatic N) is 2. The molecule has 2 saturated heterocycles. The lowest BCUT2D eigenvalue weighted by molar-refractivity contribution is 0.215. The van der Waals surface area contributed by atoms with Crippen LogP contribution in [0.1, 0.15) is 24.8 Å². The summed E-state index contributed by atoms with van der Waals surface area (Å²) in [5.41, 5.74) is 8.19. The predicted octanol–water partition coefficient (Wildman–Crippen LogP) is 1.95. The van der Waals surface area contributed by atoms with Crippen LogP contribution in [0.4, 0.5) is 5.69 Å². The van der Waals surface area contributed by atoms with E-state index in [4.69, 9.17) is 10.5 Å². The number of nitrogens with two attached hydrogens (primary N) is 1. The van der Waals surface area contributed by atoms with Crippen LogP contribution in [-0.2, 0) is 6.54 Å². The molecule has 4 heteroatoms. The van der Waals surface area contributed by atoms with E-state index in [9.17, 15) is 0 Å². The van der Waals surface area contributed by atoms with Crippen molar-refractivity contribution in [2.24, 2.45) is 0 Å². The van der Waals surface area contributed by atoms with Crippen LogP contribution in [0.5, 0.6) is 5.75 Å². The lowest BCUT2D eigenvalue weighted by Crippen LogP contribution is -2.36. The molecule has 1 aromatic rings. The molecule has 2 bridgehead atoms. The number of methoxy groups -OCH3 is 1. The Morgan fingerprint density at radius 3 is 2.80 bits per heavy atom. The third kappa shape index (κ3) is 2.63. The molecule has 0 aromatic heterocycles. The Morgan fingerprint density at radius 2 is 2.05 bits per heavy atom. The molecule has 3 rings (SSSR count). The molecule has 110 valence electrons. The van der Waals surface area contributed by atoms with Crippen molar-refractivity contribution in [3.8, 4) is 5.75 Å². The predicted molar refractivity (Wildman–Crippen MR) is 81.9 cm³/mol. The molecule has 20 heavy (non-hydrogen) atoms. The molecular formula is C16H25N3O. The largest absolute Gasteiger partial charge is 0.497 e. The third-order valence-electron chi connectivity index (χ3n) is 4.98. The quantitative estimate of drug-likeness (QED) is 0.856. The van der Waals surface area contributed by atoms with E-state index in [1.807, 2.05) is 12.1 Å². The zero-order chi connectivity index (χ0) is 14.1. The summed E-state index contributed by atoms with van der Waals surface area (Å²) in [7, 11) is 3.96. The minimum atomic E-state index is 0.724. The van der Waals surface area contributed by atoms with Crippen LogP contribution in [0.15, 0.2) is 18.2 Å². The summed E-state index contributed by atoms with van der Waals surface area (Å²) < 4.78 is 5.21. The molecule has 2 N–H and O–H groups in total. The fourth-order valence-electron chi connectivity index (χ4n) is 3.61. The van der Waals surface area contributed by atoms with E-state index in [1.165, 1.54) is 37.9 Å². The van der Waals surface area contributed by atoms with Crippen LogP contribution in [0.3, 0.4) is 0 Å². The van der Waals surface area contributed by atoms with Crippen molar-refractivity contribution in [1.29, 1.82) is 0 Å². The van der Waals surface area contributed by atoms with Crippen LogP contribution in [0.25, 0.3) is 0 Å². The van der Waals surface area contributed by atoms with Gasteiger partial charge in [0.25, 0.3) is 0 Å². The minimum absolute atomic E-state index is 0.724. The standard InChI is InChI=1S/C16H25N3O/c1-18-13-4-5-14(18)11-19(8-7-13)10-12-3-6-15(20-2)9-16(12)17/h3,6,9,13-14H,4-5,7-8,10-11,17H2,1-2H3. The molecule has 0 aliphatic carbocycles. The summed E-state index contributed by atoms with van der Waals surface area (Å²) in [6, 6.07) is 7.54. The number of likely N-dealkylation sites (N-methyl/N-ethyl adjacent to an activating group) is 1. The van der Waals surface area contributed by atoms with Crippen molar-refractivity contribution in [3.05, 3.63) is 23.8 Å². The zero-order valence-corrected chi connectivity index (χ0v) is 12.5. The number of rotatable bonds is 3. The van der Waals surface area contributed by atoms with Crippen molar-refractivity contribution < 1.29 is 4.74 Å². The Bertz CT molecular complexity index is 477. The molecule has 2 atom stereocenters. The van der Waals surface area contributed by atoms with Gasteiger partial charge in [-0.3, -0.25) is 9.80 Å². The number of hydrogen-bond acceptors (Lipinski definition) is 4.